The summed E-state index contributed by atoms with van der Waals surface area (Å²) >= 11 is 0. The Hall–Kier alpha value is -3.19. The lowest BCUT2D eigenvalue weighted by Gasteiger charge is -2.34. The van der Waals surface area contributed by atoms with Gasteiger partial charge < -0.3 is 15.3 Å². The quantitative estimate of drug-likeness (QED) is 0.121. The Kier molecular flexibility index (Phi) is 24.9. The van der Waals surface area contributed by atoms with Gasteiger partial charge in [0.2, 0.25) is 0 Å². The summed E-state index contributed by atoms with van der Waals surface area (Å²) in [5.41, 5.74) is 10.7. The average Bonchev–Trinajstić information content (AvgIpc) is 3.68. The Balaban J connectivity index is 0.000000884. The normalized spacial score (nSPS) is 18.0. The summed E-state index contributed by atoms with van der Waals surface area (Å²) in [6, 6.07) is 8.83. The van der Waals surface area contributed by atoms with Gasteiger partial charge in [0.15, 0.2) is 0 Å². The molecule has 1 aromatic rings. The van der Waals surface area contributed by atoms with E-state index < -0.39 is 0 Å². The van der Waals surface area contributed by atoms with Crippen molar-refractivity contribution < 1.29 is 9.90 Å². The van der Waals surface area contributed by atoms with Crippen molar-refractivity contribution in [2.45, 2.75) is 166 Å². The summed E-state index contributed by atoms with van der Waals surface area (Å²) in [6.07, 6.45) is 14.5. The summed E-state index contributed by atoms with van der Waals surface area (Å²) in [7, 11) is 4.17. The molecule has 3 rings (SSSR count). The largest absolute Gasteiger partial charge is 0.483 e. The van der Waals surface area contributed by atoms with Crippen LogP contribution in [0.1, 0.15) is 158 Å². The highest BCUT2D eigenvalue weighted by molar-refractivity contribution is 6.01. The van der Waals surface area contributed by atoms with E-state index in [0.717, 1.165) is 43.5 Å². The van der Waals surface area contributed by atoms with Crippen LogP contribution in [0.2, 0.25) is 0 Å². The van der Waals surface area contributed by atoms with Crippen LogP contribution in [0.5, 0.6) is 0 Å². The molecule has 3 atom stereocenters. The van der Waals surface area contributed by atoms with Gasteiger partial charge in [-0.3, -0.25) is 19.7 Å². The van der Waals surface area contributed by atoms with Crippen molar-refractivity contribution >= 4 is 18.0 Å². The van der Waals surface area contributed by atoms with Gasteiger partial charge in [-0.25, -0.2) is 0 Å². The first-order valence-corrected chi connectivity index (χ1v) is 19.8. The maximum absolute atomic E-state index is 8.36. The van der Waals surface area contributed by atoms with E-state index in [1.807, 2.05) is 20.9 Å². The molecule has 0 saturated heterocycles. The van der Waals surface area contributed by atoms with Crippen LogP contribution in [-0.4, -0.2) is 78.2 Å². The second-order valence-corrected chi connectivity index (χ2v) is 13.9. The van der Waals surface area contributed by atoms with Crippen molar-refractivity contribution in [3.63, 3.8) is 0 Å². The third kappa shape index (κ3) is 15.9. The van der Waals surface area contributed by atoms with E-state index >= 15 is 0 Å². The first-order valence-electron chi connectivity index (χ1n) is 19.8. The third-order valence-electron chi connectivity index (χ3n) is 10.4. The second kappa shape index (κ2) is 26.6. The van der Waals surface area contributed by atoms with Crippen LogP contribution in [0.25, 0.3) is 0 Å². The molecule has 2 unspecified atom stereocenters. The van der Waals surface area contributed by atoms with Gasteiger partial charge in [0.1, 0.15) is 5.84 Å². The monoisotopic (exact) mass is 708 g/mol. The standard InChI is InChI=1S/C22H35N3.C19H34N2.C2H6.CH2O2/c1-6-15(2)23-22-20-13-9-12-19(21(20)14-16(3)24-22)17(4)25(5)18-10-7-8-11-18;1-9-13-21(14-10-2)16(4)12-11-15(3)17(5)18(6)19(7)20-8;1-2;2-1-3/h9,12-13,15-18H,6-8,10-11,14H2,1-5H3,(H,23,24);11-12H,9-10,13-14H2,1-8H3;1-2H3;1H,(H,2,3)/b;15-11+,16-12+,18-17+,20-19?;;/t15-,16?,17?;;;/m0.../s1. The maximum atomic E-state index is 8.36. The lowest BCUT2D eigenvalue weighted by atomic mass is 9.88. The fourth-order valence-corrected chi connectivity index (χ4v) is 6.59. The Morgan fingerprint density at radius 2 is 1.57 bits per heavy atom. The average molecular weight is 708 g/mol. The number of rotatable bonds is 13. The summed E-state index contributed by atoms with van der Waals surface area (Å²) in [4.78, 5) is 22.6. The zero-order valence-electron chi connectivity index (χ0n) is 35.5. The lowest BCUT2D eigenvalue weighted by molar-refractivity contribution is -0.122. The van der Waals surface area contributed by atoms with Crippen molar-refractivity contribution in [1.82, 2.24) is 15.1 Å². The van der Waals surface area contributed by atoms with Gasteiger partial charge in [-0.1, -0.05) is 71.7 Å². The molecule has 0 aromatic heterocycles. The summed E-state index contributed by atoms with van der Waals surface area (Å²) in [5, 5.41) is 10.5. The predicted molar refractivity (Wildman–Crippen MR) is 225 cm³/mol. The summed E-state index contributed by atoms with van der Waals surface area (Å²) in [5.74, 6) is 1.10. The van der Waals surface area contributed by atoms with Crippen molar-refractivity contribution in [2.24, 2.45) is 9.98 Å². The molecule has 7 nitrogen and oxygen atoms in total. The molecule has 1 saturated carbocycles. The number of allylic oxidation sites excluding steroid dienone is 6. The Morgan fingerprint density at radius 3 is 2.08 bits per heavy atom. The highest BCUT2D eigenvalue weighted by Crippen LogP contribution is 2.34. The SMILES string of the molecule is CC.CCCN(CCC)/C(C)=C/C=C(C)/C(C)=C(\C)C(C)=NC.CC[C@H](C)NC1=NC(C)Cc2c1cccc2C(C)N(C)C1CCCC1.O=CO. The number of hydrogen-bond acceptors (Lipinski definition) is 6. The van der Waals surface area contributed by atoms with Crippen LogP contribution in [0, 0.1) is 0 Å². The molecule has 1 aliphatic carbocycles. The number of hydrogen-bond donors (Lipinski definition) is 2. The highest BCUT2D eigenvalue weighted by Gasteiger charge is 2.28. The first kappa shape index (κ1) is 47.8. The highest BCUT2D eigenvalue weighted by atomic mass is 16.3. The summed E-state index contributed by atoms with van der Waals surface area (Å²) < 4.78 is 0. The second-order valence-electron chi connectivity index (χ2n) is 13.9. The maximum Gasteiger partial charge on any atom is 0.290 e. The number of aliphatic imine (C=N–C) groups is 2. The van der Waals surface area contributed by atoms with E-state index in [4.69, 9.17) is 14.9 Å². The number of nitrogens with one attached hydrogen (secondary N) is 1. The van der Waals surface area contributed by atoms with Gasteiger partial charge in [-0.05, 0) is 135 Å². The molecule has 0 radical (unpaired) electrons. The van der Waals surface area contributed by atoms with E-state index in [1.54, 1.807) is 0 Å². The third-order valence-corrected chi connectivity index (χ3v) is 10.4. The smallest absolute Gasteiger partial charge is 0.290 e. The van der Waals surface area contributed by atoms with Gasteiger partial charge in [-0.15, -0.1) is 0 Å². The zero-order chi connectivity index (χ0) is 39.1. The van der Waals surface area contributed by atoms with Crippen LogP contribution < -0.4 is 5.32 Å². The van der Waals surface area contributed by atoms with E-state index in [2.05, 4.69) is 134 Å². The number of fused-ring (bicyclic) bond motifs is 1. The molecule has 290 valence electrons. The molecule has 1 aromatic carbocycles. The lowest BCUT2D eigenvalue weighted by Crippen LogP contribution is -2.38. The fraction of sp³-hybridized carbons (Fsp3) is 0.659. The minimum Gasteiger partial charge on any atom is -0.483 e. The van der Waals surface area contributed by atoms with Gasteiger partial charge in [0, 0.05) is 55.2 Å². The van der Waals surface area contributed by atoms with Crippen LogP contribution in [0.15, 0.2) is 62.8 Å². The van der Waals surface area contributed by atoms with Gasteiger partial charge in [-0.2, -0.15) is 0 Å². The number of nitrogens with zero attached hydrogens (tertiary/aromatic N) is 4. The molecule has 7 heteroatoms. The molecule has 1 heterocycles. The molecule has 0 bridgehead atoms. The minimum atomic E-state index is -0.250. The van der Waals surface area contributed by atoms with E-state index in [0.29, 0.717) is 18.1 Å². The van der Waals surface area contributed by atoms with Crippen molar-refractivity contribution in [3.8, 4) is 0 Å². The van der Waals surface area contributed by atoms with E-state index in [-0.39, 0.29) is 6.47 Å². The zero-order valence-corrected chi connectivity index (χ0v) is 35.5. The number of amidine groups is 1. The molecule has 51 heavy (non-hydrogen) atoms. The Labute approximate surface area is 314 Å². The number of carboxylic acid groups (broad SMARTS) is 1. The molecule has 0 amide bonds. The number of carbonyl (C=O) groups is 1. The molecule has 1 fully saturated rings. The molecule has 2 aliphatic rings. The van der Waals surface area contributed by atoms with Crippen LogP contribution in [-0.2, 0) is 11.2 Å². The molecule has 0 spiro atoms. The van der Waals surface area contributed by atoms with Gasteiger partial charge in [0.25, 0.3) is 6.47 Å². The van der Waals surface area contributed by atoms with Crippen molar-refractivity contribution in [1.29, 1.82) is 0 Å². The molecular formula is C44H77N5O2. The minimum absolute atomic E-state index is 0.250. The summed E-state index contributed by atoms with van der Waals surface area (Å²) in [6.45, 7) is 30.3. The fourth-order valence-electron chi connectivity index (χ4n) is 6.59. The Morgan fingerprint density at radius 1 is 1.00 bits per heavy atom. The molecule has 1 aliphatic heterocycles. The van der Waals surface area contributed by atoms with Crippen molar-refractivity contribution in [3.05, 3.63) is 69.5 Å². The van der Waals surface area contributed by atoms with Gasteiger partial charge in [0.05, 0.1) is 6.04 Å². The topological polar surface area (TPSA) is 80.5 Å². The number of benzene rings is 1. The molecule has 2 N–H and O–H groups in total. The van der Waals surface area contributed by atoms with E-state index in [1.165, 1.54) is 77.6 Å². The first-order chi connectivity index (χ1) is 24.3. The van der Waals surface area contributed by atoms with Crippen molar-refractivity contribution in [2.75, 3.05) is 27.2 Å². The van der Waals surface area contributed by atoms with Crippen LogP contribution in [0.4, 0.5) is 0 Å². The predicted octanol–water partition coefficient (Wildman–Crippen LogP) is 10.8. The van der Waals surface area contributed by atoms with Crippen LogP contribution in [0.3, 0.4) is 0 Å². The van der Waals surface area contributed by atoms with Crippen LogP contribution >= 0.6 is 0 Å². The molecular weight excluding hydrogens is 631 g/mol. The Bertz CT molecular complexity index is 1300. The van der Waals surface area contributed by atoms with Gasteiger partial charge >= 0.3 is 0 Å². The van der Waals surface area contributed by atoms with E-state index in [9.17, 15) is 0 Å².